The average Bonchev–Trinajstić information content (AvgIpc) is 3.09. The average molecular weight is 477 g/mol. The summed E-state index contributed by atoms with van der Waals surface area (Å²) < 4.78 is 3.68. The van der Waals surface area contributed by atoms with Gasteiger partial charge in [0.2, 0.25) is 5.91 Å². The maximum Gasteiger partial charge on any atom is 0.261 e. The van der Waals surface area contributed by atoms with Crippen LogP contribution in [0.3, 0.4) is 0 Å². The van der Waals surface area contributed by atoms with Crippen LogP contribution in [0.2, 0.25) is 5.02 Å². The van der Waals surface area contributed by atoms with Crippen molar-refractivity contribution < 1.29 is 4.79 Å². The van der Waals surface area contributed by atoms with Gasteiger partial charge in [0.15, 0.2) is 5.82 Å². The number of halogens is 1. The zero-order chi connectivity index (χ0) is 23.5. The minimum atomic E-state index is -0.129. The highest BCUT2D eigenvalue weighted by Crippen LogP contribution is 2.31. The van der Waals surface area contributed by atoms with Crippen LogP contribution in [0, 0.1) is 0 Å². The number of anilines is 1. The molecule has 0 saturated heterocycles. The summed E-state index contributed by atoms with van der Waals surface area (Å²) in [4.78, 5) is 29.5. The number of nitrogens with zero attached hydrogens (tertiary/aromatic N) is 5. The van der Waals surface area contributed by atoms with Crippen LogP contribution in [0.15, 0.2) is 53.6 Å². The Balaban J connectivity index is 1.25. The Labute approximate surface area is 201 Å². The molecule has 8 nitrogen and oxygen atoms in total. The number of carbonyl (C=O) groups excluding carboxylic acids is 1. The summed E-state index contributed by atoms with van der Waals surface area (Å²) in [6, 6.07) is 12.6. The highest BCUT2D eigenvalue weighted by Gasteiger charge is 2.18. The Morgan fingerprint density at radius 2 is 1.97 bits per heavy atom. The number of hydrogen-bond acceptors (Lipinski definition) is 5. The lowest BCUT2D eigenvalue weighted by molar-refractivity contribution is -0.116. The van der Waals surface area contributed by atoms with E-state index in [4.69, 9.17) is 11.6 Å². The molecule has 2 aromatic heterocycles. The number of aromatic nitrogens is 5. The highest BCUT2D eigenvalue weighted by molar-refractivity contribution is 6.33. The van der Waals surface area contributed by atoms with Crippen LogP contribution in [-0.2, 0) is 24.3 Å². The van der Waals surface area contributed by atoms with E-state index in [0.29, 0.717) is 34.6 Å². The minimum Gasteiger partial charge on any atom is -0.326 e. The topological polar surface area (TPSA) is 94.7 Å². The standard InChI is InChI=1S/C25H25ClN6O2/c26-20-12-11-17(15-19(20)24-30-29-22-9-2-1-5-14-32(22)24)28-23(33)10-6-13-31-16-27-21-8-4-3-7-18(21)25(31)34/h3-4,7-8,11-12,15-16H,1-2,5-6,9-10,13-14H2,(H,28,33). The molecule has 0 unspecified atom stereocenters. The first kappa shape index (κ1) is 22.3. The number of aryl methyl sites for hydroxylation is 2. The Bertz CT molecular complexity index is 1410. The summed E-state index contributed by atoms with van der Waals surface area (Å²) in [7, 11) is 0. The fourth-order valence-corrected chi connectivity index (χ4v) is 4.56. The third kappa shape index (κ3) is 4.59. The van der Waals surface area contributed by atoms with Gasteiger partial charge in [-0.25, -0.2) is 4.98 Å². The Morgan fingerprint density at radius 3 is 2.88 bits per heavy atom. The van der Waals surface area contributed by atoms with Crippen molar-refractivity contribution in [3.05, 3.63) is 70.0 Å². The molecule has 0 spiro atoms. The quantitative estimate of drug-likeness (QED) is 0.443. The smallest absolute Gasteiger partial charge is 0.261 e. The summed E-state index contributed by atoms with van der Waals surface area (Å²) in [6.45, 7) is 1.29. The van der Waals surface area contributed by atoms with Crippen LogP contribution >= 0.6 is 11.6 Å². The summed E-state index contributed by atoms with van der Waals surface area (Å²) in [6.07, 6.45) is 6.62. The molecule has 1 N–H and O–H groups in total. The van der Waals surface area contributed by atoms with E-state index in [2.05, 4.69) is 25.1 Å². The monoisotopic (exact) mass is 476 g/mol. The molecule has 3 heterocycles. The molecule has 1 aliphatic heterocycles. The van der Waals surface area contributed by atoms with Gasteiger partial charge in [0.25, 0.3) is 5.56 Å². The Kier molecular flexibility index (Phi) is 6.40. The first-order valence-corrected chi connectivity index (χ1v) is 11.9. The molecule has 1 aliphatic rings. The minimum absolute atomic E-state index is 0.0965. The number of carbonyl (C=O) groups is 1. The number of fused-ring (bicyclic) bond motifs is 2. The van der Waals surface area contributed by atoms with Gasteiger partial charge in [-0.1, -0.05) is 30.2 Å². The summed E-state index contributed by atoms with van der Waals surface area (Å²) in [5.41, 5.74) is 1.99. The summed E-state index contributed by atoms with van der Waals surface area (Å²) in [5.74, 6) is 1.59. The zero-order valence-electron chi connectivity index (χ0n) is 18.7. The van der Waals surface area contributed by atoms with Gasteiger partial charge in [-0.15, -0.1) is 10.2 Å². The molecule has 174 valence electrons. The second-order valence-electron chi connectivity index (χ2n) is 8.51. The van der Waals surface area contributed by atoms with Gasteiger partial charge < -0.3 is 9.88 Å². The molecular formula is C25H25ClN6O2. The second-order valence-corrected chi connectivity index (χ2v) is 8.92. The van der Waals surface area contributed by atoms with Crippen LogP contribution in [0.25, 0.3) is 22.3 Å². The van der Waals surface area contributed by atoms with Crippen molar-refractivity contribution in [1.82, 2.24) is 24.3 Å². The van der Waals surface area contributed by atoms with E-state index in [1.54, 1.807) is 22.8 Å². The van der Waals surface area contributed by atoms with Gasteiger partial charge in [0.1, 0.15) is 5.82 Å². The summed E-state index contributed by atoms with van der Waals surface area (Å²) in [5, 5.41) is 12.8. The lowest BCUT2D eigenvalue weighted by atomic mass is 10.1. The van der Waals surface area contributed by atoms with Gasteiger partial charge >= 0.3 is 0 Å². The third-order valence-electron chi connectivity index (χ3n) is 6.13. The molecule has 34 heavy (non-hydrogen) atoms. The SMILES string of the molecule is O=C(CCCn1cnc2ccccc2c1=O)Nc1ccc(Cl)c(-c2nnc3n2CCCCC3)c1. The van der Waals surface area contributed by atoms with E-state index in [9.17, 15) is 9.59 Å². The fourth-order valence-electron chi connectivity index (χ4n) is 4.36. The van der Waals surface area contributed by atoms with Crippen LogP contribution in [-0.4, -0.2) is 30.2 Å². The van der Waals surface area contributed by atoms with Crippen molar-refractivity contribution in [2.24, 2.45) is 0 Å². The molecule has 5 rings (SSSR count). The molecule has 1 amide bonds. The van der Waals surface area contributed by atoms with Crippen molar-refractivity contribution in [3.8, 4) is 11.4 Å². The third-order valence-corrected chi connectivity index (χ3v) is 6.46. The molecule has 0 aliphatic carbocycles. The Morgan fingerprint density at radius 1 is 1.09 bits per heavy atom. The normalized spacial score (nSPS) is 13.4. The van der Waals surface area contributed by atoms with E-state index in [-0.39, 0.29) is 17.9 Å². The van der Waals surface area contributed by atoms with Gasteiger partial charge in [0, 0.05) is 37.2 Å². The number of benzene rings is 2. The van der Waals surface area contributed by atoms with Crippen molar-refractivity contribution in [1.29, 1.82) is 0 Å². The fraction of sp³-hybridized carbons (Fsp3) is 0.320. The molecular weight excluding hydrogens is 452 g/mol. The van der Waals surface area contributed by atoms with Crippen molar-refractivity contribution in [2.45, 2.75) is 51.6 Å². The second kappa shape index (κ2) is 9.77. The molecule has 0 bridgehead atoms. The van der Waals surface area contributed by atoms with E-state index in [1.807, 2.05) is 24.3 Å². The van der Waals surface area contributed by atoms with Gasteiger partial charge in [-0.2, -0.15) is 0 Å². The maximum atomic E-state index is 12.6. The van der Waals surface area contributed by atoms with Gasteiger partial charge in [0.05, 0.1) is 22.3 Å². The number of nitrogens with one attached hydrogen (secondary N) is 1. The number of para-hydroxylation sites is 1. The van der Waals surface area contributed by atoms with Crippen LogP contribution in [0.1, 0.15) is 37.9 Å². The van der Waals surface area contributed by atoms with E-state index >= 15 is 0 Å². The number of amides is 1. The number of hydrogen-bond donors (Lipinski definition) is 1. The van der Waals surface area contributed by atoms with Gasteiger partial charge in [-0.3, -0.25) is 14.2 Å². The molecule has 9 heteroatoms. The Hall–Kier alpha value is -3.52. The highest BCUT2D eigenvalue weighted by atomic mass is 35.5. The molecule has 4 aromatic rings. The number of rotatable bonds is 6. The lowest BCUT2D eigenvalue weighted by Crippen LogP contribution is -2.21. The molecule has 0 atom stereocenters. The van der Waals surface area contributed by atoms with Crippen molar-refractivity contribution >= 4 is 34.1 Å². The van der Waals surface area contributed by atoms with E-state index < -0.39 is 0 Å². The molecule has 0 fully saturated rings. The molecule has 0 radical (unpaired) electrons. The largest absolute Gasteiger partial charge is 0.326 e. The lowest BCUT2D eigenvalue weighted by Gasteiger charge is -2.11. The predicted molar refractivity (Wildman–Crippen MR) is 132 cm³/mol. The molecule has 2 aromatic carbocycles. The van der Waals surface area contributed by atoms with Crippen LogP contribution in [0.5, 0.6) is 0 Å². The van der Waals surface area contributed by atoms with Crippen LogP contribution < -0.4 is 10.9 Å². The zero-order valence-corrected chi connectivity index (χ0v) is 19.5. The maximum absolute atomic E-state index is 12.6. The van der Waals surface area contributed by atoms with E-state index in [0.717, 1.165) is 43.0 Å². The van der Waals surface area contributed by atoms with Crippen LogP contribution in [0.4, 0.5) is 5.69 Å². The van der Waals surface area contributed by atoms with Gasteiger partial charge in [-0.05, 0) is 49.6 Å². The first-order valence-electron chi connectivity index (χ1n) is 11.6. The van der Waals surface area contributed by atoms with Crippen molar-refractivity contribution in [3.63, 3.8) is 0 Å². The first-order chi connectivity index (χ1) is 16.6. The summed E-state index contributed by atoms with van der Waals surface area (Å²) >= 11 is 6.48. The predicted octanol–water partition coefficient (Wildman–Crippen LogP) is 4.45. The molecule has 0 saturated carbocycles. The van der Waals surface area contributed by atoms with Crippen molar-refractivity contribution in [2.75, 3.05) is 5.32 Å². The van der Waals surface area contributed by atoms with E-state index in [1.165, 1.54) is 12.7 Å².